The number of carbonyl (C=O) groups is 3. The Balaban J connectivity index is 4.51. The van der Waals surface area contributed by atoms with Crippen molar-refractivity contribution in [1.82, 2.24) is 0 Å². The summed E-state index contributed by atoms with van der Waals surface area (Å²) in [5.74, 6) is -1.000. The Morgan fingerprint density at radius 3 is 1.08 bits per heavy atom. The van der Waals surface area contributed by atoms with E-state index in [2.05, 4.69) is 118 Å². The zero-order chi connectivity index (χ0) is 46.5. The normalized spacial score (nSPS) is 13.2. The van der Waals surface area contributed by atoms with Crippen LogP contribution < -0.4 is 0 Å². The molecule has 0 aromatic rings. The standard InChI is InChI=1S/C58H90O6/c1-4-7-10-13-16-19-22-25-27-28-29-30-31-34-36-39-42-45-48-51-57(60)63-54-55(53-62-56(59)50-47-44-41-38-35-32-24-21-18-15-12-9-6-3)64-58(61)52-49-46-43-40-37-33-26-23-20-17-14-11-8-5-2/h7-12,15-21,24-27,29-30,32-33,35,55H,4-6,13-14,22-23,28,31,34,36-54H2,1-3H3/b10-7-,11-8-,12-9-,18-15-,19-16-,20-17-,24-21-,27-25-,30-29-,33-26-,35-32-. The fraction of sp³-hybridized carbons (Fsp3) is 0.569. The van der Waals surface area contributed by atoms with Crippen molar-refractivity contribution >= 4 is 17.9 Å². The molecular formula is C58H90O6. The maximum absolute atomic E-state index is 12.8. The quantitative estimate of drug-likeness (QED) is 0.0200. The molecule has 0 saturated carbocycles. The summed E-state index contributed by atoms with van der Waals surface area (Å²) in [6, 6.07) is 0. The van der Waals surface area contributed by atoms with Gasteiger partial charge in [-0.05, 0) is 109 Å². The average molecular weight is 883 g/mol. The van der Waals surface area contributed by atoms with Crippen molar-refractivity contribution in [3.05, 3.63) is 134 Å². The topological polar surface area (TPSA) is 78.9 Å². The summed E-state index contributed by atoms with van der Waals surface area (Å²) in [4.78, 5) is 38.0. The molecule has 1 unspecified atom stereocenters. The van der Waals surface area contributed by atoms with E-state index >= 15 is 0 Å². The molecule has 358 valence electrons. The summed E-state index contributed by atoms with van der Waals surface area (Å²) in [6.07, 6.45) is 71.5. The molecule has 0 saturated heterocycles. The summed E-state index contributed by atoms with van der Waals surface area (Å²) in [5, 5.41) is 0. The van der Waals surface area contributed by atoms with E-state index in [1.807, 2.05) is 36.5 Å². The number of hydrogen-bond donors (Lipinski definition) is 0. The number of ether oxygens (including phenoxy) is 3. The maximum Gasteiger partial charge on any atom is 0.306 e. The molecule has 6 heteroatoms. The number of carbonyl (C=O) groups excluding carboxylic acids is 3. The van der Waals surface area contributed by atoms with Crippen LogP contribution in [0.2, 0.25) is 0 Å². The van der Waals surface area contributed by atoms with E-state index in [-0.39, 0.29) is 37.5 Å². The van der Waals surface area contributed by atoms with Crippen LogP contribution in [0.25, 0.3) is 0 Å². The second kappa shape index (κ2) is 51.2. The molecule has 0 amide bonds. The monoisotopic (exact) mass is 883 g/mol. The van der Waals surface area contributed by atoms with E-state index in [0.717, 1.165) is 141 Å². The second-order valence-corrected chi connectivity index (χ2v) is 16.0. The smallest absolute Gasteiger partial charge is 0.306 e. The van der Waals surface area contributed by atoms with E-state index in [1.54, 1.807) is 0 Å². The highest BCUT2D eigenvalue weighted by Gasteiger charge is 2.19. The fourth-order valence-corrected chi connectivity index (χ4v) is 6.28. The Hall–Kier alpha value is -4.45. The summed E-state index contributed by atoms with van der Waals surface area (Å²) in [5.41, 5.74) is 0. The Morgan fingerprint density at radius 2 is 0.641 bits per heavy atom. The van der Waals surface area contributed by atoms with Crippen LogP contribution in [0.4, 0.5) is 0 Å². The fourth-order valence-electron chi connectivity index (χ4n) is 6.28. The summed E-state index contributed by atoms with van der Waals surface area (Å²) < 4.78 is 16.7. The highest BCUT2D eigenvalue weighted by Crippen LogP contribution is 2.12. The molecular weight excluding hydrogens is 793 g/mol. The predicted octanol–water partition coefficient (Wildman–Crippen LogP) is 16.7. The van der Waals surface area contributed by atoms with Crippen LogP contribution >= 0.6 is 0 Å². The van der Waals surface area contributed by atoms with E-state index in [9.17, 15) is 14.4 Å². The molecule has 64 heavy (non-hydrogen) atoms. The summed E-state index contributed by atoms with van der Waals surface area (Å²) in [6.45, 7) is 6.18. The van der Waals surface area contributed by atoms with Crippen molar-refractivity contribution in [2.45, 2.75) is 200 Å². The lowest BCUT2D eigenvalue weighted by Crippen LogP contribution is -2.30. The molecule has 0 N–H and O–H groups in total. The first kappa shape index (κ1) is 59.5. The van der Waals surface area contributed by atoms with Crippen LogP contribution in [0.15, 0.2) is 134 Å². The minimum atomic E-state index is -0.817. The lowest BCUT2D eigenvalue weighted by atomic mass is 10.1. The molecule has 0 aliphatic heterocycles. The van der Waals surface area contributed by atoms with Gasteiger partial charge in [0.2, 0.25) is 0 Å². The van der Waals surface area contributed by atoms with Gasteiger partial charge in [-0.2, -0.15) is 0 Å². The van der Waals surface area contributed by atoms with Gasteiger partial charge in [0, 0.05) is 19.3 Å². The minimum absolute atomic E-state index is 0.113. The van der Waals surface area contributed by atoms with Gasteiger partial charge in [-0.25, -0.2) is 0 Å². The molecule has 0 radical (unpaired) electrons. The molecule has 1 atom stereocenters. The lowest BCUT2D eigenvalue weighted by Gasteiger charge is -2.18. The number of hydrogen-bond acceptors (Lipinski definition) is 6. The first-order valence-corrected chi connectivity index (χ1v) is 25.2. The first-order valence-electron chi connectivity index (χ1n) is 25.2. The van der Waals surface area contributed by atoms with Gasteiger partial charge in [0.25, 0.3) is 0 Å². The predicted molar refractivity (Wildman–Crippen MR) is 274 cm³/mol. The van der Waals surface area contributed by atoms with Crippen molar-refractivity contribution in [3.63, 3.8) is 0 Å². The first-order chi connectivity index (χ1) is 31.5. The van der Waals surface area contributed by atoms with Gasteiger partial charge >= 0.3 is 17.9 Å². The molecule has 6 nitrogen and oxygen atoms in total. The zero-order valence-corrected chi connectivity index (χ0v) is 40.7. The number of unbranched alkanes of at least 4 members (excludes halogenated alkanes) is 13. The van der Waals surface area contributed by atoms with Crippen LogP contribution in [-0.4, -0.2) is 37.2 Å². The Morgan fingerprint density at radius 1 is 0.328 bits per heavy atom. The van der Waals surface area contributed by atoms with E-state index in [4.69, 9.17) is 14.2 Å². The Kier molecular flexibility index (Phi) is 47.6. The number of rotatable bonds is 43. The minimum Gasteiger partial charge on any atom is -0.462 e. The molecule has 0 aliphatic carbocycles. The largest absolute Gasteiger partial charge is 0.462 e. The zero-order valence-electron chi connectivity index (χ0n) is 40.7. The van der Waals surface area contributed by atoms with Crippen molar-refractivity contribution in [2.24, 2.45) is 0 Å². The van der Waals surface area contributed by atoms with E-state index < -0.39 is 6.10 Å². The number of allylic oxidation sites excluding steroid dienone is 22. The van der Waals surface area contributed by atoms with Gasteiger partial charge in [-0.3, -0.25) is 14.4 Å². The van der Waals surface area contributed by atoms with Crippen molar-refractivity contribution in [2.75, 3.05) is 13.2 Å². The molecule has 0 aromatic heterocycles. The van der Waals surface area contributed by atoms with Crippen LogP contribution in [0.3, 0.4) is 0 Å². The van der Waals surface area contributed by atoms with Gasteiger partial charge in [0.15, 0.2) is 6.10 Å². The van der Waals surface area contributed by atoms with E-state index in [1.165, 1.54) is 12.8 Å². The maximum atomic E-state index is 12.8. The third-order valence-electron chi connectivity index (χ3n) is 9.98. The average Bonchev–Trinajstić information content (AvgIpc) is 3.29. The van der Waals surface area contributed by atoms with Crippen molar-refractivity contribution < 1.29 is 28.6 Å². The molecule has 0 aromatic carbocycles. The molecule has 0 heterocycles. The van der Waals surface area contributed by atoms with Gasteiger partial charge in [0.05, 0.1) is 0 Å². The lowest BCUT2D eigenvalue weighted by molar-refractivity contribution is -0.167. The molecule has 0 spiro atoms. The van der Waals surface area contributed by atoms with Gasteiger partial charge < -0.3 is 14.2 Å². The van der Waals surface area contributed by atoms with Gasteiger partial charge in [-0.1, -0.05) is 199 Å². The molecule has 0 fully saturated rings. The van der Waals surface area contributed by atoms with Gasteiger partial charge in [-0.15, -0.1) is 0 Å². The third kappa shape index (κ3) is 48.6. The van der Waals surface area contributed by atoms with Crippen LogP contribution in [-0.2, 0) is 28.6 Å². The second-order valence-electron chi connectivity index (χ2n) is 16.0. The van der Waals surface area contributed by atoms with Crippen molar-refractivity contribution in [3.8, 4) is 0 Å². The molecule has 0 rings (SSSR count). The highest BCUT2D eigenvalue weighted by atomic mass is 16.6. The highest BCUT2D eigenvalue weighted by molar-refractivity contribution is 5.71. The summed E-state index contributed by atoms with van der Waals surface area (Å²) >= 11 is 0. The Bertz CT molecular complexity index is 1430. The number of esters is 3. The molecule has 0 aliphatic rings. The van der Waals surface area contributed by atoms with Crippen LogP contribution in [0, 0.1) is 0 Å². The Labute approximate surface area is 392 Å². The van der Waals surface area contributed by atoms with Crippen LogP contribution in [0.5, 0.6) is 0 Å². The summed E-state index contributed by atoms with van der Waals surface area (Å²) in [7, 11) is 0. The third-order valence-corrected chi connectivity index (χ3v) is 9.98. The van der Waals surface area contributed by atoms with Gasteiger partial charge in [0.1, 0.15) is 13.2 Å². The van der Waals surface area contributed by atoms with Crippen molar-refractivity contribution in [1.29, 1.82) is 0 Å². The van der Waals surface area contributed by atoms with E-state index in [0.29, 0.717) is 12.8 Å². The van der Waals surface area contributed by atoms with Crippen LogP contribution in [0.1, 0.15) is 194 Å². The SMILES string of the molecule is CC\C=C/C=C\C=C/C=C\CCCCCC(=O)OCC(COC(=O)CCCCCCCC/C=C\C/C=C\C/C=C\C/C=C\CC)OC(=O)CCCCCC/C=C\C/C=C\C/C=C\CC. The molecule has 0 bridgehead atoms.